The zero-order valence-corrected chi connectivity index (χ0v) is 8.44. The first-order valence-corrected chi connectivity index (χ1v) is 4.42. The van der Waals surface area contributed by atoms with Crippen LogP contribution >= 0.6 is 15.9 Å². The molecule has 1 N–H and O–H groups in total. The molecule has 0 fully saturated rings. The number of nitrogens with one attached hydrogen (secondary N) is 1. The number of aromatic nitrogens is 1. The lowest BCUT2D eigenvalue weighted by Gasteiger charge is -2.05. The average molecular weight is 263 g/mol. The molecule has 14 heavy (non-hydrogen) atoms. The second-order valence-electron chi connectivity index (χ2n) is 2.52. The van der Waals surface area contributed by atoms with E-state index in [1.165, 1.54) is 0 Å². The lowest BCUT2D eigenvalue weighted by Crippen LogP contribution is -2.11. The Morgan fingerprint density at radius 1 is 1.64 bits per heavy atom. The minimum Gasteiger partial charge on any atom is -0.320 e. The van der Waals surface area contributed by atoms with Crippen LogP contribution < -0.4 is 5.56 Å². The Kier molecular flexibility index (Phi) is 3.36. The van der Waals surface area contributed by atoms with Crippen molar-refractivity contribution in [2.75, 3.05) is 0 Å². The Morgan fingerprint density at radius 2 is 2.29 bits per heavy atom. The van der Waals surface area contributed by atoms with E-state index in [4.69, 9.17) is 5.26 Å². The highest BCUT2D eigenvalue weighted by Gasteiger charge is 2.15. The van der Waals surface area contributed by atoms with E-state index in [1.807, 2.05) is 4.98 Å². The molecular weight excluding hydrogens is 258 g/mol. The summed E-state index contributed by atoms with van der Waals surface area (Å²) >= 11 is 2.92. The summed E-state index contributed by atoms with van der Waals surface area (Å²) in [5, 5.41) is 8.39. The maximum Gasteiger partial charge on any atom is 0.279 e. The van der Waals surface area contributed by atoms with Crippen molar-refractivity contribution < 1.29 is 8.78 Å². The smallest absolute Gasteiger partial charge is 0.279 e. The molecular formula is C8H5BrF2N2O. The van der Waals surface area contributed by atoms with Gasteiger partial charge in [-0.3, -0.25) is 4.79 Å². The Balaban J connectivity index is 3.34. The van der Waals surface area contributed by atoms with Crippen LogP contribution in [0.25, 0.3) is 0 Å². The summed E-state index contributed by atoms with van der Waals surface area (Å²) in [4.78, 5) is 12.9. The van der Waals surface area contributed by atoms with Gasteiger partial charge >= 0.3 is 0 Å². The van der Waals surface area contributed by atoms with Crippen molar-refractivity contribution in [1.82, 2.24) is 4.98 Å². The van der Waals surface area contributed by atoms with Crippen LogP contribution in [0.1, 0.15) is 17.7 Å². The average Bonchev–Trinajstić information content (AvgIpc) is 2.10. The number of aromatic amines is 1. The van der Waals surface area contributed by atoms with Crippen LogP contribution in [0.15, 0.2) is 15.3 Å². The maximum atomic E-state index is 12.3. The van der Waals surface area contributed by atoms with E-state index in [-0.39, 0.29) is 16.5 Å². The quantitative estimate of drug-likeness (QED) is 0.888. The lowest BCUT2D eigenvalue weighted by molar-refractivity contribution is 0.144. The number of hydrogen-bond acceptors (Lipinski definition) is 2. The van der Waals surface area contributed by atoms with Gasteiger partial charge in [-0.1, -0.05) is 0 Å². The number of pyridine rings is 1. The van der Waals surface area contributed by atoms with Gasteiger partial charge < -0.3 is 4.98 Å². The minimum atomic E-state index is -2.77. The molecule has 0 saturated carbocycles. The Bertz CT molecular complexity index is 436. The number of nitriles is 1. The third-order valence-electron chi connectivity index (χ3n) is 1.57. The fourth-order valence-corrected chi connectivity index (χ4v) is 1.51. The van der Waals surface area contributed by atoms with Gasteiger partial charge in [-0.2, -0.15) is 5.26 Å². The standard InChI is InChI=1S/C8H5BrF2N2O/c9-6-4(1-2-12)3-5(14)13-7(6)8(10)11/h3,8H,1H2,(H,13,14). The molecule has 0 unspecified atom stereocenters. The molecule has 0 amide bonds. The number of alkyl halides is 2. The van der Waals surface area contributed by atoms with Crippen molar-refractivity contribution in [3.8, 4) is 6.07 Å². The van der Waals surface area contributed by atoms with Crippen molar-refractivity contribution >= 4 is 15.9 Å². The third-order valence-corrected chi connectivity index (χ3v) is 2.51. The predicted octanol–water partition coefficient (Wildman–Crippen LogP) is 2.14. The fraction of sp³-hybridized carbons (Fsp3) is 0.250. The molecule has 0 saturated heterocycles. The molecule has 0 bridgehead atoms. The Labute approximate surface area is 86.5 Å². The Hall–Kier alpha value is -1.22. The third kappa shape index (κ3) is 2.17. The van der Waals surface area contributed by atoms with Gasteiger partial charge in [0.25, 0.3) is 6.43 Å². The summed E-state index contributed by atoms with van der Waals surface area (Å²) in [6.07, 6.45) is -2.85. The molecule has 0 aliphatic carbocycles. The van der Waals surface area contributed by atoms with Gasteiger partial charge in [0.2, 0.25) is 5.56 Å². The molecule has 0 atom stereocenters. The SMILES string of the molecule is N#CCc1cc(=O)[nH]c(C(F)F)c1Br. The molecule has 6 heteroatoms. The molecule has 0 spiro atoms. The van der Waals surface area contributed by atoms with E-state index < -0.39 is 17.7 Å². The van der Waals surface area contributed by atoms with Crippen LogP contribution in [-0.4, -0.2) is 4.98 Å². The monoisotopic (exact) mass is 262 g/mol. The molecule has 1 rings (SSSR count). The predicted molar refractivity (Wildman–Crippen MR) is 49.0 cm³/mol. The first kappa shape index (κ1) is 10.9. The van der Waals surface area contributed by atoms with E-state index >= 15 is 0 Å². The van der Waals surface area contributed by atoms with E-state index in [2.05, 4.69) is 15.9 Å². The summed E-state index contributed by atoms with van der Waals surface area (Å²) in [7, 11) is 0. The molecule has 3 nitrogen and oxygen atoms in total. The van der Waals surface area contributed by atoms with Gasteiger partial charge in [0.1, 0.15) is 0 Å². The highest BCUT2D eigenvalue weighted by molar-refractivity contribution is 9.10. The van der Waals surface area contributed by atoms with Gasteiger partial charge in [0.05, 0.1) is 18.2 Å². The van der Waals surface area contributed by atoms with Gasteiger partial charge in [-0.15, -0.1) is 0 Å². The first-order valence-electron chi connectivity index (χ1n) is 3.63. The summed E-state index contributed by atoms with van der Waals surface area (Å²) < 4.78 is 24.8. The van der Waals surface area contributed by atoms with E-state index in [1.54, 1.807) is 6.07 Å². The van der Waals surface area contributed by atoms with Crippen LogP contribution in [0.5, 0.6) is 0 Å². The number of rotatable bonds is 2. The zero-order valence-electron chi connectivity index (χ0n) is 6.85. The second kappa shape index (κ2) is 4.33. The van der Waals surface area contributed by atoms with Crippen LogP contribution in [0.4, 0.5) is 8.78 Å². The van der Waals surface area contributed by atoms with Crippen LogP contribution in [-0.2, 0) is 6.42 Å². The summed E-state index contributed by atoms with van der Waals surface area (Å²) in [5.41, 5.74) is -0.844. The molecule has 0 radical (unpaired) electrons. The van der Waals surface area contributed by atoms with Crippen LogP contribution in [0, 0.1) is 11.3 Å². The van der Waals surface area contributed by atoms with Gasteiger partial charge in [0, 0.05) is 10.5 Å². The van der Waals surface area contributed by atoms with Crippen molar-refractivity contribution in [3.05, 3.63) is 32.2 Å². The summed E-state index contributed by atoms with van der Waals surface area (Å²) in [6.45, 7) is 0. The summed E-state index contributed by atoms with van der Waals surface area (Å²) in [6, 6.07) is 2.91. The van der Waals surface area contributed by atoms with Crippen molar-refractivity contribution in [2.24, 2.45) is 0 Å². The van der Waals surface area contributed by atoms with Gasteiger partial charge in [-0.25, -0.2) is 8.78 Å². The largest absolute Gasteiger partial charge is 0.320 e. The Morgan fingerprint density at radius 3 is 2.79 bits per heavy atom. The molecule has 0 aromatic carbocycles. The van der Waals surface area contributed by atoms with Gasteiger partial charge in [0.15, 0.2) is 0 Å². The molecule has 1 aromatic heterocycles. The topological polar surface area (TPSA) is 56.6 Å². The van der Waals surface area contributed by atoms with E-state index in [9.17, 15) is 13.6 Å². The number of halogens is 3. The minimum absolute atomic E-state index is 0.0791. The molecule has 1 aromatic rings. The number of H-pyrrole nitrogens is 1. The molecule has 0 aliphatic rings. The second-order valence-corrected chi connectivity index (χ2v) is 3.32. The normalized spacial score (nSPS) is 10.2. The zero-order chi connectivity index (χ0) is 10.7. The lowest BCUT2D eigenvalue weighted by atomic mass is 10.2. The highest BCUT2D eigenvalue weighted by Crippen LogP contribution is 2.26. The molecule has 74 valence electrons. The van der Waals surface area contributed by atoms with Crippen molar-refractivity contribution in [3.63, 3.8) is 0 Å². The van der Waals surface area contributed by atoms with E-state index in [0.29, 0.717) is 0 Å². The molecule has 0 aliphatic heterocycles. The van der Waals surface area contributed by atoms with E-state index in [0.717, 1.165) is 6.07 Å². The van der Waals surface area contributed by atoms with Crippen molar-refractivity contribution in [2.45, 2.75) is 12.8 Å². The number of nitrogens with zero attached hydrogens (tertiary/aromatic N) is 1. The maximum absolute atomic E-state index is 12.3. The van der Waals surface area contributed by atoms with Gasteiger partial charge in [-0.05, 0) is 21.5 Å². The van der Waals surface area contributed by atoms with Crippen molar-refractivity contribution in [1.29, 1.82) is 5.26 Å². The van der Waals surface area contributed by atoms with Crippen LogP contribution in [0.3, 0.4) is 0 Å². The highest BCUT2D eigenvalue weighted by atomic mass is 79.9. The number of hydrogen-bond donors (Lipinski definition) is 1. The summed E-state index contributed by atoms with van der Waals surface area (Å²) in [5.74, 6) is 0. The van der Waals surface area contributed by atoms with Crippen LogP contribution in [0.2, 0.25) is 0 Å². The first-order chi connectivity index (χ1) is 6.56. The molecule has 1 heterocycles. The fourth-order valence-electron chi connectivity index (χ4n) is 0.982.